The largest absolute Gasteiger partial charge is 0.387 e. The number of aromatic nitrogens is 2. The number of sulfonamides is 1. The Morgan fingerprint density at radius 1 is 1.00 bits per heavy atom. The zero-order valence-corrected chi connectivity index (χ0v) is 17.0. The molecule has 0 aliphatic carbocycles. The van der Waals surface area contributed by atoms with Crippen molar-refractivity contribution >= 4 is 20.9 Å². The minimum absolute atomic E-state index is 0.169. The number of hydrogen-bond donors (Lipinski definition) is 2. The first kappa shape index (κ1) is 19.0. The Balaban J connectivity index is 1.63. The molecule has 7 heteroatoms. The first-order valence-corrected chi connectivity index (χ1v) is 11.2. The number of nitrogens with one attached hydrogen (secondary N) is 1. The van der Waals surface area contributed by atoms with E-state index in [4.69, 9.17) is 0 Å². The van der Waals surface area contributed by atoms with E-state index in [1.807, 2.05) is 30.5 Å². The second-order valence-electron chi connectivity index (χ2n) is 7.52. The Labute approximate surface area is 174 Å². The quantitative estimate of drug-likeness (QED) is 0.531. The van der Waals surface area contributed by atoms with Crippen LogP contribution in [0.25, 0.3) is 10.9 Å². The summed E-state index contributed by atoms with van der Waals surface area (Å²) in [7, 11) is -3.78. The molecule has 2 aromatic heterocycles. The van der Waals surface area contributed by atoms with Gasteiger partial charge in [-0.25, -0.2) is 8.42 Å². The number of nitrogens with zero attached hydrogens (tertiary/aromatic N) is 2. The van der Waals surface area contributed by atoms with Gasteiger partial charge in [-0.15, -0.1) is 0 Å². The van der Waals surface area contributed by atoms with Crippen LogP contribution in [-0.2, 0) is 23.0 Å². The van der Waals surface area contributed by atoms with Crippen LogP contribution in [-0.4, -0.2) is 33.8 Å². The number of aromatic amines is 1. The Kier molecular flexibility index (Phi) is 4.66. The highest BCUT2D eigenvalue weighted by molar-refractivity contribution is 7.89. The second kappa shape index (κ2) is 7.36. The van der Waals surface area contributed by atoms with Crippen LogP contribution in [0.2, 0.25) is 0 Å². The summed E-state index contributed by atoms with van der Waals surface area (Å²) in [6, 6.07) is 17.6. The zero-order chi connectivity index (χ0) is 20.7. The van der Waals surface area contributed by atoms with Crippen molar-refractivity contribution in [2.24, 2.45) is 0 Å². The van der Waals surface area contributed by atoms with Gasteiger partial charge in [-0.1, -0.05) is 30.3 Å². The fourth-order valence-electron chi connectivity index (χ4n) is 4.27. The van der Waals surface area contributed by atoms with Crippen molar-refractivity contribution in [3.05, 3.63) is 95.9 Å². The normalized spacial score (nSPS) is 20.8. The lowest BCUT2D eigenvalue weighted by atomic mass is 9.94. The maximum atomic E-state index is 13.6. The van der Waals surface area contributed by atoms with Crippen LogP contribution in [0, 0.1) is 0 Å². The molecule has 0 radical (unpaired) electrons. The van der Waals surface area contributed by atoms with E-state index in [0.29, 0.717) is 12.0 Å². The average molecular weight is 420 g/mol. The van der Waals surface area contributed by atoms with Crippen molar-refractivity contribution in [2.75, 3.05) is 0 Å². The van der Waals surface area contributed by atoms with E-state index in [-0.39, 0.29) is 11.4 Å². The molecule has 2 atom stereocenters. The number of aliphatic hydroxyl groups is 1. The third kappa shape index (κ3) is 3.11. The first-order chi connectivity index (χ1) is 14.6. The third-order valence-corrected chi connectivity index (χ3v) is 7.71. The van der Waals surface area contributed by atoms with Gasteiger partial charge in [0.15, 0.2) is 0 Å². The number of hydrogen-bond acceptors (Lipinski definition) is 4. The van der Waals surface area contributed by atoms with E-state index in [1.54, 1.807) is 48.8 Å². The summed E-state index contributed by atoms with van der Waals surface area (Å²) >= 11 is 0. The maximum absolute atomic E-state index is 13.6. The summed E-state index contributed by atoms with van der Waals surface area (Å²) in [6.07, 6.45) is 4.62. The summed E-state index contributed by atoms with van der Waals surface area (Å²) in [5, 5.41) is 12.3. The van der Waals surface area contributed by atoms with Crippen LogP contribution < -0.4 is 0 Å². The molecule has 2 N–H and O–H groups in total. The number of benzene rings is 2. The van der Waals surface area contributed by atoms with Crippen molar-refractivity contribution in [1.29, 1.82) is 0 Å². The summed E-state index contributed by atoms with van der Waals surface area (Å²) < 4.78 is 28.6. The molecule has 4 aromatic rings. The van der Waals surface area contributed by atoms with Gasteiger partial charge < -0.3 is 10.1 Å². The summed E-state index contributed by atoms with van der Waals surface area (Å²) in [5.74, 6) is 0. The Morgan fingerprint density at radius 2 is 1.80 bits per heavy atom. The van der Waals surface area contributed by atoms with Gasteiger partial charge in [0, 0.05) is 41.6 Å². The molecule has 3 heterocycles. The highest BCUT2D eigenvalue weighted by Gasteiger charge is 2.43. The molecule has 5 rings (SSSR count). The van der Waals surface area contributed by atoms with Crippen molar-refractivity contribution in [2.45, 2.75) is 30.0 Å². The predicted molar refractivity (Wildman–Crippen MR) is 114 cm³/mol. The number of rotatable bonds is 4. The summed E-state index contributed by atoms with van der Waals surface area (Å²) in [4.78, 5) is 7.38. The molecular formula is C23H21N3O3S. The van der Waals surface area contributed by atoms with E-state index < -0.39 is 22.2 Å². The number of aliphatic hydroxyl groups excluding tert-OH is 1. The van der Waals surface area contributed by atoms with Gasteiger partial charge >= 0.3 is 0 Å². The van der Waals surface area contributed by atoms with Crippen molar-refractivity contribution < 1.29 is 13.5 Å². The Morgan fingerprint density at radius 3 is 2.63 bits per heavy atom. The summed E-state index contributed by atoms with van der Waals surface area (Å²) in [5.41, 5.74) is 3.26. The van der Waals surface area contributed by atoms with Crippen LogP contribution in [0.15, 0.2) is 84.1 Å². The van der Waals surface area contributed by atoms with Crippen LogP contribution >= 0.6 is 0 Å². The predicted octanol–water partition coefficient (Wildman–Crippen LogP) is 3.41. The van der Waals surface area contributed by atoms with Crippen molar-refractivity contribution in [3.8, 4) is 0 Å². The molecule has 30 heavy (non-hydrogen) atoms. The SMILES string of the molecule is O=S1(=O)c2ccccc2[C@H](O)[C@H](Cc2cccc3[nH]ccc23)N1Cc1ccncc1. The molecule has 2 aromatic carbocycles. The van der Waals surface area contributed by atoms with Crippen LogP contribution in [0.3, 0.4) is 0 Å². The molecule has 6 nitrogen and oxygen atoms in total. The second-order valence-corrected chi connectivity index (χ2v) is 9.37. The van der Waals surface area contributed by atoms with E-state index in [0.717, 1.165) is 22.0 Å². The van der Waals surface area contributed by atoms with Gasteiger partial charge in [0.05, 0.1) is 17.0 Å². The monoisotopic (exact) mass is 419 g/mol. The minimum atomic E-state index is -3.78. The number of fused-ring (bicyclic) bond motifs is 2. The topological polar surface area (TPSA) is 86.3 Å². The van der Waals surface area contributed by atoms with Gasteiger partial charge in [-0.3, -0.25) is 4.98 Å². The minimum Gasteiger partial charge on any atom is -0.387 e. The van der Waals surface area contributed by atoms with E-state index in [9.17, 15) is 13.5 Å². The Bertz CT molecular complexity index is 1300. The van der Waals surface area contributed by atoms with Crippen molar-refractivity contribution in [3.63, 3.8) is 0 Å². The molecule has 0 spiro atoms. The lowest BCUT2D eigenvalue weighted by Gasteiger charge is -2.39. The molecule has 152 valence electrons. The molecule has 0 unspecified atom stereocenters. The molecule has 0 amide bonds. The van der Waals surface area contributed by atoms with Gasteiger partial charge in [0.2, 0.25) is 10.0 Å². The molecule has 1 aliphatic rings. The van der Waals surface area contributed by atoms with E-state index >= 15 is 0 Å². The van der Waals surface area contributed by atoms with Crippen LogP contribution in [0.5, 0.6) is 0 Å². The van der Waals surface area contributed by atoms with E-state index in [2.05, 4.69) is 9.97 Å². The molecule has 0 saturated carbocycles. The van der Waals surface area contributed by atoms with Crippen molar-refractivity contribution in [1.82, 2.24) is 14.3 Å². The molecule has 0 fully saturated rings. The van der Waals surface area contributed by atoms with Gasteiger partial charge in [-0.2, -0.15) is 4.31 Å². The van der Waals surface area contributed by atoms with Crippen LogP contribution in [0.1, 0.15) is 22.8 Å². The summed E-state index contributed by atoms with van der Waals surface area (Å²) in [6.45, 7) is 0.171. The molecule has 0 bridgehead atoms. The van der Waals surface area contributed by atoms with Gasteiger partial charge in [0.25, 0.3) is 0 Å². The number of H-pyrrole nitrogens is 1. The highest BCUT2D eigenvalue weighted by Crippen LogP contribution is 2.39. The highest BCUT2D eigenvalue weighted by atomic mass is 32.2. The van der Waals surface area contributed by atoms with Crippen LogP contribution in [0.4, 0.5) is 0 Å². The first-order valence-electron chi connectivity index (χ1n) is 9.78. The smallest absolute Gasteiger partial charge is 0.244 e. The lowest BCUT2D eigenvalue weighted by molar-refractivity contribution is 0.0771. The van der Waals surface area contributed by atoms with Gasteiger partial charge in [0.1, 0.15) is 0 Å². The lowest BCUT2D eigenvalue weighted by Crippen LogP contribution is -2.48. The standard InChI is InChI=1S/C23H21N3O3S/c27-23-19-5-1-2-7-22(19)30(28,29)26(15-16-8-11-24-12-9-16)21(23)14-17-4-3-6-20-18(17)10-13-25-20/h1-13,21,23,25,27H,14-15H2/t21-,23-/m0/s1. The third-order valence-electron chi connectivity index (χ3n) is 5.76. The van der Waals surface area contributed by atoms with Gasteiger partial charge in [-0.05, 0) is 47.9 Å². The maximum Gasteiger partial charge on any atom is 0.244 e. The average Bonchev–Trinajstić information content (AvgIpc) is 3.25. The molecular weight excluding hydrogens is 398 g/mol. The number of pyridine rings is 1. The molecule has 0 saturated heterocycles. The van der Waals surface area contributed by atoms with E-state index in [1.165, 1.54) is 4.31 Å². The Hall–Kier alpha value is -3.00. The fourth-order valence-corrected chi connectivity index (χ4v) is 6.12. The fraction of sp³-hybridized carbons (Fsp3) is 0.174. The molecule has 1 aliphatic heterocycles. The zero-order valence-electron chi connectivity index (χ0n) is 16.1.